The van der Waals surface area contributed by atoms with Gasteiger partial charge >= 0.3 is 10.5 Å². The van der Waals surface area contributed by atoms with Crippen molar-refractivity contribution in [2.24, 2.45) is 4.36 Å². The minimum Gasteiger partial charge on any atom is -0.457 e. The second-order valence-corrected chi connectivity index (χ2v) is 5.18. The van der Waals surface area contributed by atoms with E-state index in [-0.39, 0.29) is 0 Å². The van der Waals surface area contributed by atoms with Crippen LogP contribution in [0.1, 0.15) is 24.8 Å². The molecule has 5 nitrogen and oxygen atoms in total. The van der Waals surface area contributed by atoms with Gasteiger partial charge < -0.3 is 4.74 Å². The van der Waals surface area contributed by atoms with Gasteiger partial charge in [-0.25, -0.2) is 0 Å². The fourth-order valence-corrected chi connectivity index (χ4v) is 2.42. The van der Waals surface area contributed by atoms with Crippen molar-refractivity contribution in [2.75, 3.05) is 0 Å². The fraction of sp³-hybridized carbons (Fsp3) is 0.188. The largest absolute Gasteiger partial charge is 0.457 e. The minimum atomic E-state index is -2.75. The standard InChI is InChI=1S/C16H15NO4S/c1-2-13(16(18)17-22(19)20)14-10-6-7-11-15(14)21-12-8-4-3-5-9-12/h3-11,13H,2H2,1H3. The Labute approximate surface area is 130 Å². The van der Waals surface area contributed by atoms with Crippen molar-refractivity contribution in [3.63, 3.8) is 0 Å². The minimum absolute atomic E-state index is 0.425. The number of hydrogen-bond donors (Lipinski definition) is 0. The molecule has 2 rings (SSSR count). The summed E-state index contributed by atoms with van der Waals surface area (Å²) in [5.74, 6) is -0.194. The number of carbonyl (C=O) groups is 1. The molecule has 0 aliphatic carbocycles. The molecular formula is C16H15NO4S. The molecule has 0 saturated carbocycles. The van der Waals surface area contributed by atoms with Crippen molar-refractivity contribution in [1.82, 2.24) is 0 Å². The van der Waals surface area contributed by atoms with Gasteiger partial charge in [0.05, 0.1) is 5.92 Å². The number of amides is 1. The van der Waals surface area contributed by atoms with Crippen LogP contribution in [0.4, 0.5) is 0 Å². The van der Waals surface area contributed by atoms with Gasteiger partial charge in [-0.2, -0.15) is 8.42 Å². The highest BCUT2D eigenvalue weighted by atomic mass is 32.2. The highest BCUT2D eigenvalue weighted by molar-refractivity contribution is 7.62. The zero-order valence-electron chi connectivity index (χ0n) is 12.0. The van der Waals surface area contributed by atoms with Gasteiger partial charge in [0, 0.05) is 5.56 Å². The predicted molar refractivity (Wildman–Crippen MR) is 82.3 cm³/mol. The summed E-state index contributed by atoms with van der Waals surface area (Å²) in [5.41, 5.74) is 0.619. The van der Waals surface area contributed by atoms with Crippen LogP contribution in [0.25, 0.3) is 0 Å². The maximum absolute atomic E-state index is 12.0. The molecule has 1 unspecified atom stereocenters. The molecule has 0 bridgehead atoms. The normalized spacial score (nSPS) is 11.5. The van der Waals surface area contributed by atoms with E-state index in [4.69, 9.17) is 4.74 Å². The summed E-state index contributed by atoms with van der Waals surface area (Å²) in [6, 6.07) is 16.2. The predicted octanol–water partition coefficient (Wildman–Crippen LogP) is 3.56. The Bertz CT molecular complexity index is 777. The third-order valence-electron chi connectivity index (χ3n) is 3.14. The monoisotopic (exact) mass is 317 g/mol. The maximum Gasteiger partial charge on any atom is 0.319 e. The van der Waals surface area contributed by atoms with Crippen LogP contribution in [0, 0.1) is 0 Å². The molecule has 0 fully saturated rings. The van der Waals surface area contributed by atoms with Crippen LogP contribution in [0.5, 0.6) is 11.5 Å². The van der Waals surface area contributed by atoms with Crippen molar-refractivity contribution in [3.05, 3.63) is 60.2 Å². The third-order valence-corrected chi connectivity index (χ3v) is 3.47. The molecule has 2 aromatic carbocycles. The number of rotatable bonds is 5. The highest BCUT2D eigenvalue weighted by Gasteiger charge is 2.22. The highest BCUT2D eigenvalue weighted by Crippen LogP contribution is 2.33. The van der Waals surface area contributed by atoms with Gasteiger partial charge in [0.1, 0.15) is 11.5 Å². The molecule has 1 atom stereocenters. The zero-order chi connectivity index (χ0) is 15.9. The molecule has 0 saturated heterocycles. The van der Waals surface area contributed by atoms with Gasteiger partial charge in [-0.15, -0.1) is 0 Å². The number of hydrogen-bond acceptors (Lipinski definition) is 4. The van der Waals surface area contributed by atoms with E-state index in [9.17, 15) is 13.2 Å². The first-order valence-electron chi connectivity index (χ1n) is 6.78. The van der Waals surface area contributed by atoms with Gasteiger partial charge in [-0.05, 0) is 24.6 Å². The number of ether oxygens (including phenoxy) is 1. The molecule has 0 aliphatic rings. The Balaban J connectivity index is 2.38. The molecule has 2 aromatic rings. The Kier molecular flexibility index (Phi) is 5.43. The molecule has 0 heterocycles. The molecular weight excluding hydrogens is 302 g/mol. The van der Waals surface area contributed by atoms with Crippen LogP contribution in [0.15, 0.2) is 59.0 Å². The van der Waals surface area contributed by atoms with E-state index in [1.807, 2.05) is 18.2 Å². The lowest BCUT2D eigenvalue weighted by Gasteiger charge is -2.16. The van der Waals surface area contributed by atoms with Crippen molar-refractivity contribution in [1.29, 1.82) is 0 Å². The van der Waals surface area contributed by atoms with Crippen molar-refractivity contribution < 1.29 is 17.9 Å². The second kappa shape index (κ2) is 7.51. The summed E-state index contributed by atoms with van der Waals surface area (Å²) in [6.45, 7) is 1.80. The van der Waals surface area contributed by atoms with Gasteiger partial charge in [-0.3, -0.25) is 4.79 Å². The van der Waals surface area contributed by atoms with Crippen LogP contribution < -0.4 is 4.74 Å². The van der Waals surface area contributed by atoms with Gasteiger partial charge in [-0.1, -0.05) is 47.7 Å². The molecule has 114 valence electrons. The average Bonchev–Trinajstić information content (AvgIpc) is 2.50. The van der Waals surface area contributed by atoms with E-state index in [1.54, 1.807) is 43.3 Å². The zero-order valence-corrected chi connectivity index (χ0v) is 12.8. The topological polar surface area (TPSA) is 72.8 Å². The molecule has 22 heavy (non-hydrogen) atoms. The van der Waals surface area contributed by atoms with E-state index in [0.717, 1.165) is 0 Å². The summed E-state index contributed by atoms with van der Waals surface area (Å²) >= 11 is 0. The molecule has 0 radical (unpaired) electrons. The lowest BCUT2D eigenvalue weighted by Crippen LogP contribution is -2.10. The molecule has 0 N–H and O–H groups in total. The van der Waals surface area contributed by atoms with Crippen LogP contribution >= 0.6 is 0 Å². The smallest absolute Gasteiger partial charge is 0.319 e. The summed E-state index contributed by atoms with van der Waals surface area (Å²) < 4.78 is 30.1. The van der Waals surface area contributed by atoms with E-state index >= 15 is 0 Å². The van der Waals surface area contributed by atoms with Crippen LogP contribution in [-0.2, 0) is 15.3 Å². The van der Waals surface area contributed by atoms with Crippen LogP contribution in [-0.4, -0.2) is 14.3 Å². The lowest BCUT2D eigenvalue weighted by molar-refractivity contribution is -0.119. The number of benzene rings is 2. The van der Waals surface area contributed by atoms with Crippen molar-refractivity contribution in [3.8, 4) is 11.5 Å². The van der Waals surface area contributed by atoms with E-state index in [0.29, 0.717) is 23.5 Å². The maximum atomic E-state index is 12.0. The van der Waals surface area contributed by atoms with E-state index in [1.165, 1.54) is 0 Å². The van der Waals surface area contributed by atoms with Crippen LogP contribution in [0.3, 0.4) is 0 Å². The first kappa shape index (κ1) is 15.9. The fourth-order valence-electron chi connectivity index (χ4n) is 2.14. The van der Waals surface area contributed by atoms with Gasteiger partial charge in [0.15, 0.2) is 0 Å². The summed E-state index contributed by atoms with van der Waals surface area (Å²) in [4.78, 5) is 12.0. The quantitative estimate of drug-likeness (QED) is 0.845. The molecule has 0 aromatic heterocycles. The van der Waals surface area contributed by atoms with Crippen molar-refractivity contribution >= 4 is 16.4 Å². The Morgan fingerprint density at radius 2 is 1.73 bits per heavy atom. The van der Waals surface area contributed by atoms with Gasteiger partial charge in [0.2, 0.25) is 0 Å². The molecule has 1 amide bonds. The van der Waals surface area contributed by atoms with Crippen LogP contribution in [0.2, 0.25) is 0 Å². The lowest BCUT2D eigenvalue weighted by atomic mass is 9.95. The summed E-state index contributed by atoms with van der Waals surface area (Å²) in [5, 5.41) is 0. The Morgan fingerprint density at radius 3 is 2.36 bits per heavy atom. The Morgan fingerprint density at radius 1 is 1.09 bits per heavy atom. The molecule has 0 spiro atoms. The number of nitrogens with zero attached hydrogens (tertiary/aromatic N) is 1. The summed E-state index contributed by atoms with van der Waals surface area (Å²) in [7, 11) is -2.75. The first-order chi connectivity index (χ1) is 10.6. The summed E-state index contributed by atoms with van der Waals surface area (Å²) in [6.07, 6.45) is 0.425. The number of carbonyl (C=O) groups excluding carboxylic acids is 1. The average molecular weight is 317 g/mol. The SMILES string of the molecule is CCC(C(=O)N=S(=O)=O)c1ccccc1Oc1ccccc1. The first-order valence-corrected chi connectivity index (χ1v) is 7.81. The Hall–Kier alpha value is -2.47. The molecule has 6 heteroatoms. The van der Waals surface area contributed by atoms with E-state index < -0.39 is 22.3 Å². The number of para-hydroxylation sites is 2. The van der Waals surface area contributed by atoms with Gasteiger partial charge in [0.25, 0.3) is 5.91 Å². The second-order valence-electron chi connectivity index (χ2n) is 4.56. The van der Waals surface area contributed by atoms with Crippen molar-refractivity contribution in [2.45, 2.75) is 19.3 Å². The third kappa shape index (κ3) is 4.02. The van der Waals surface area contributed by atoms with E-state index in [2.05, 4.69) is 4.36 Å². The molecule has 0 aliphatic heterocycles.